The summed E-state index contributed by atoms with van der Waals surface area (Å²) >= 11 is 0. The first-order valence-corrected chi connectivity index (χ1v) is 12.8. The minimum absolute atomic E-state index is 0.188. The van der Waals surface area contributed by atoms with E-state index in [1.807, 2.05) is 48.5 Å². The van der Waals surface area contributed by atoms with Crippen molar-refractivity contribution in [1.82, 2.24) is 35.1 Å². The Morgan fingerprint density at radius 3 is 2.61 bits per heavy atom. The van der Waals surface area contributed by atoms with Gasteiger partial charge in [0.15, 0.2) is 11.5 Å². The third-order valence-corrected chi connectivity index (χ3v) is 6.77. The normalized spacial score (nSPS) is 11.2. The van der Waals surface area contributed by atoms with E-state index in [0.29, 0.717) is 50.4 Å². The number of halogens is 1. The van der Waals surface area contributed by atoms with Crippen LogP contribution in [-0.2, 0) is 11.2 Å². The van der Waals surface area contributed by atoms with E-state index in [1.165, 1.54) is 12.3 Å². The summed E-state index contributed by atoms with van der Waals surface area (Å²) in [4.78, 5) is 33.5. The van der Waals surface area contributed by atoms with Crippen molar-refractivity contribution in [3.05, 3.63) is 109 Å². The Morgan fingerprint density at radius 1 is 0.878 bits per heavy atom. The van der Waals surface area contributed by atoms with Crippen LogP contribution in [-0.4, -0.2) is 41.0 Å². The van der Waals surface area contributed by atoms with Crippen molar-refractivity contribution in [3.8, 4) is 33.8 Å². The van der Waals surface area contributed by atoms with E-state index in [2.05, 4.69) is 35.5 Å². The van der Waals surface area contributed by atoms with Gasteiger partial charge < -0.3 is 10.3 Å². The number of nitrogens with zero attached hydrogens (tertiary/aromatic N) is 5. The Hall–Kier alpha value is -5.77. The molecule has 10 heteroatoms. The Morgan fingerprint density at radius 2 is 1.76 bits per heavy atom. The van der Waals surface area contributed by atoms with Crippen molar-refractivity contribution in [2.45, 2.75) is 6.42 Å². The number of anilines is 1. The number of hydrogen-bond donors (Lipinski definition) is 3. The topological polar surface area (TPSA) is 125 Å². The van der Waals surface area contributed by atoms with E-state index in [0.717, 1.165) is 16.7 Å². The molecular weight excluding hydrogens is 519 g/mol. The van der Waals surface area contributed by atoms with Gasteiger partial charge in [-0.2, -0.15) is 5.10 Å². The number of imidazole rings is 1. The van der Waals surface area contributed by atoms with E-state index in [4.69, 9.17) is 4.98 Å². The lowest BCUT2D eigenvalue weighted by Gasteiger charge is -2.08. The van der Waals surface area contributed by atoms with Gasteiger partial charge in [-0.05, 0) is 29.8 Å². The largest absolute Gasteiger partial charge is 0.324 e. The zero-order valence-corrected chi connectivity index (χ0v) is 21.5. The van der Waals surface area contributed by atoms with Crippen LogP contribution >= 0.6 is 0 Å². The van der Waals surface area contributed by atoms with Crippen LogP contribution in [0.3, 0.4) is 0 Å². The van der Waals surface area contributed by atoms with E-state index in [9.17, 15) is 4.79 Å². The number of rotatable bonds is 6. The highest BCUT2D eigenvalue weighted by molar-refractivity contribution is 5.98. The van der Waals surface area contributed by atoms with Crippen LogP contribution < -0.4 is 5.32 Å². The fraction of sp³-hybridized carbons (Fsp3) is 0.0323. The molecule has 7 rings (SSSR count). The van der Waals surface area contributed by atoms with Gasteiger partial charge in [-0.25, -0.2) is 14.4 Å². The first kappa shape index (κ1) is 24.3. The molecule has 0 unspecified atom stereocenters. The summed E-state index contributed by atoms with van der Waals surface area (Å²) in [5.41, 5.74) is 6.32. The first-order chi connectivity index (χ1) is 20.1. The second-order valence-electron chi connectivity index (χ2n) is 9.51. The third kappa shape index (κ3) is 4.67. The van der Waals surface area contributed by atoms with Crippen LogP contribution in [0.15, 0.2) is 97.7 Å². The molecule has 0 fully saturated rings. The Kier molecular flexibility index (Phi) is 5.97. The molecule has 198 valence electrons. The zero-order valence-electron chi connectivity index (χ0n) is 21.5. The minimum Gasteiger partial charge on any atom is -0.324 e. The molecule has 5 aromatic heterocycles. The van der Waals surface area contributed by atoms with Crippen LogP contribution in [0.25, 0.3) is 55.8 Å². The number of aromatic nitrogens is 7. The third-order valence-electron chi connectivity index (χ3n) is 6.77. The number of H-pyrrole nitrogens is 2. The van der Waals surface area contributed by atoms with Crippen LogP contribution in [0.4, 0.5) is 10.1 Å². The summed E-state index contributed by atoms with van der Waals surface area (Å²) in [5, 5.41) is 10.9. The number of hydrogen-bond acceptors (Lipinski definition) is 6. The maximum atomic E-state index is 15.3. The number of benzene rings is 2. The molecule has 5 heterocycles. The van der Waals surface area contributed by atoms with Crippen molar-refractivity contribution in [1.29, 1.82) is 0 Å². The van der Waals surface area contributed by atoms with Gasteiger partial charge in [0, 0.05) is 58.5 Å². The lowest BCUT2D eigenvalue weighted by atomic mass is 10.0. The second kappa shape index (κ2) is 10.1. The maximum Gasteiger partial charge on any atom is 0.228 e. The molecule has 3 N–H and O–H groups in total. The average Bonchev–Trinajstić information content (AvgIpc) is 3.61. The number of fused-ring (bicyclic) bond motifs is 2. The summed E-state index contributed by atoms with van der Waals surface area (Å²) in [6.45, 7) is 0. The summed E-state index contributed by atoms with van der Waals surface area (Å²) in [6, 6.07) is 20.0. The lowest BCUT2D eigenvalue weighted by molar-refractivity contribution is -0.115. The van der Waals surface area contributed by atoms with Gasteiger partial charge in [0.2, 0.25) is 5.91 Å². The fourth-order valence-electron chi connectivity index (χ4n) is 4.86. The Bertz CT molecular complexity index is 2040. The molecule has 0 saturated heterocycles. The number of carbonyl (C=O) groups excluding carboxylic acids is 1. The maximum absolute atomic E-state index is 15.3. The van der Waals surface area contributed by atoms with Gasteiger partial charge >= 0.3 is 0 Å². The number of aromatic amines is 2. The Balaban J connectivity index is 1.24. The smallest absolute Gasteiger partial charge is 0.228 e. The fourth-order valence-corrected chi connectivity index (χ4v) is 4.86. The number of carbonyl (C=O) groups is 1. The van der Waals surface area contributed by atoms with E-state index >= 15 is 4.39 Å². The van der Waals surface area contributed by atoms with Crippen molar-refractivity contribution >= 4 is 33.7 Å². The predicted molar refractivity (Wildman–Crippen MR) is 154 cm³/mol. The van der Waals surface area contributed by atoms with Gasteiger partial charge in [0.25, 0.3) is 0 Å². The summed E-state index contributed by atoms with van der Waals surface area (Å²) < 4.78 is 15.3. The standard InChI is InChI=1S/C31H21FN8O/c32-25-14-26-24(13-23(25)20-12-21(17-34-16-20)36-27(41)11-18-5-2-1-3-6-18)29(40-39-26)31-37-28-22(8-10-35-30(28)38-31)19-7-4-9-33-15-19/h1-10,12-17H,11H2,(H,36,41)(H,39,40)(H,35,37,38). The minimum atomic E-state index is -0.451. The van der Waals surface area contributed by atoms with Gasteiger partial charge in [0.05, 0.1) is 23.8 Å². The van der Waals surface area contributed by atoms with Crippen LogP contribution in [0.5, 0.6) is 0 Å². The molecule has 9 nitrogen and oxygen atoms in total. The molecule has 7 aromatic rings. The quantitative estimate of drug-likeness (QED) is 0.240. The highest BCUT2D eigenvalue weighted by Crippen LogP contribution is 2.34. The first-order valence-electron chi connectivity index (χ1n) is 12.8. The van der Waals surface area contributed by atoms with Gasteiger partial charge in [-0.3, -0.25) is 19.9 Å². The van der Waals surface area contributed by atoms with Crippen LogP contribution in [0, 0.1) is 5.82 Å². The lowest BCUT2D eigenvalue weighted by Crippen LogP contribution is -2.14. The SMILES string of the molecule is O=C(Cc1ccccc1)Nc1cncc(-c2cc3c(-c4nc5c(-c6cccnc6)ccnc5[nH]4)n[nH]c3cc2F)c1. The van der Waals surface area contributed by atoms with Crippen LogP contribution in [0.2, 0.25) is 0 Å². The van der Waals surface area contributed by atoms with E-state index in [-0.39, 0.29) is 12.3 Å². The molecule has 0 atom stereocenters. The summed E-state index contributed by atoms with van der Waals surface area (Å²) in [6.07, 6.45) is 8.51. The molecule has 0 aliphatic rings. The number of nitrogens with one attached hydrogen (secondary N) is 3. The molecule has 0 bridgehead atoms. The molecular formula is C31H21FN8O. The van der Waals surface area contributed by atoms with Gasteiger partial charge in [-0.15, -0.1) is 0 Å². The molecule has 0 aliphatic carbocycles. The molecule has 1 amide bonds. The molecule has 0 saturated carbocycles. The van der Waals surface area contributed by atoms with Gasteiger partial charge in [-0.1, -0.05) is 36.4 Å². The molecule has 2 aromatic carbocycles. The molecule has 0 spiro atoms. The molecule has 41 heavy (non-hydrogen) atoms. The van der Waals surface area contributed by atoms with Crippen LogP contribution in [0.1, 0.15) is 5.56 Å². The summed E-state index contributed by atoms with van der Waals surface area (Å²) in [5.74, 6) is -0.146. The zero-order chi connectivity index (χ0) is 27.8. The number of amides is 1. The number of pyridine rings is 3. The Labute approximate surface area is 232 Å². The highest BCUT2D eigenvalue weighted by atomic mass is 19.1. The predicted octanol–water partition coefficient (Wildman–Crippen LogP) is 5.95. The van der Waals surface area contributed by atoms with E-state index in [1.54, 1.807) is 36.9 Å². The highest BCUT2D eigenvalue weighted by Gasteiger charge is 2.18. The monoisotopic (exact) mass is 540 g/mol. The summed E-state index contributed by atoms with van der Waals surface area (Å²) in [7, 11) is 0. The van der Waals surface area contributed by atoms with Crippen molar-refractivity contribution in [2.75, 3.05) is 5.32 Å². The van der Waals surface area contributed by atoms with Gasteiger partial charge in [0.1, 0.15) is 17.0 Å². The second-order valence-corrected chi connectivity index (χ2v) is 9.51. The van der Waals surface area contributed by atoms with Crippen molar-refractivity contribution in [3.63, 3.8) is 0 Å². The van der Waals surface area contributed by atoms with Crippen molar-refractivity contribution in [2.24, 2.45) is 0 Å². The van der Waals surface area contributed by atoms with E-state index < -0.39 is 5.82 Å². The average molecular weight is 541 g/mol. The van der Waals surface area contributed by atoms with Crippen molar-refractivity contribution < 1.29 is 9.18 Å². The molecule has 0 radical (unpaired) electrons. The molecule has 0 aliphatic heterocycles.